The van der Waals surface area contributed by atoms with Gasteiger partial charge in [-0.05, 0) is 50.0 Å². The molecule has 9 heteroatoms. The molecular weight excluding hydrogens is 465 g/mol. The number of halogens is 1. The van der Waals surface area contributed by atoms with Crippen molar-refractivity contribution < 1.29 is 43.3 Å². The van der Waals surface area contributed by atoms with E-state index in [1.54, 1.807) is 13.8 Å². The molecule has 0 spiro atoms. The van der Waals surface area contributed by atoms with E-state index in [9.17, 15) is 14.4 Å². The molecule has 3 heterocycles. The first-order valence-corrected chi connectivity index (χ1v) is 11.2. The number of nitrogens with zero attached hydrogens (tertiary/aromatic N) is 2. The zero-order valence-electron chi connectivity index (χ0n) is 30.3. The van der Waals surface area contributed by atoms with Crippen LogP contribution in [-0.2, 0) is 33.9 Å². The number of carbonyl (C=O) groups excluding carboxylic acids is 3. The van der Waals surface area contributed by atoms with Gasteiger partial charge in [0, 0.05) is 50.9 Å². The van der Waals surface area contributed by atoms with Gasteiger partial charge in [-0.15, -0.1) is 0 Å². The second-order valence-electron chi connectivity index (χ2n) is 8.49. The van der Waals surface area contributed by atoms with Crippen molar-refractivity contribution in [2.45, 2.75) is 64.4 Å². The number of carbonyl (C=O) groups is 3. The number of amides is 3. The Morgan fingerprint density at radius 2 is 2.00 bits per heavy atom. The highest BCUT2D eigenvalue weighted by molar-refractivity contribution is 6.05. The summed E-state index contributed by atoms with van der Waals surface area (Å²) in [5.41, 5.74) is -2.27. The predicted molar refractivity (Wildman–Crippen MR) is 129 cm³/mol. The molecule has 36 heavy (non-hydrogen) atoms. The van der Waals surface area contributed by atoms with Crippen LogP contribution in [0.4, 0.5) is 4.39 Å². The number of fused-ring (bicyclic) bond motifs is 1. The van der Waals surface area contributed by atoms with E-state index in [1.165, 1.54) is 10.2 Å². The van der Waals surface area contributed by atoms with Crippen LogP contribution in [0.5, 0.6) is 5.75 Å². The molecule has 0 saturated carbocycles. The fraction of sp³-hybridized carbons (Fsp3) is 0.444. The van der Waals surface area contributed by atoms with Crippen LogP contribution < -0.4 is 10.1 Å². The van der Waals surface area contributed by atoms with E-state index < -0.39 is 84.3 Å². The molecule has 0 aromatic heterocycles. The van der Waals surface area contributed by atoms with Gasteiger partial charge >= 0.3 is 0 Å². The van der Waals surface area contributed by atoms with Gasteiger partial charge in [-0.1, -0.05) is 12.1 Å². The average molecular weight is 507 g/mol. The quantitative estimate of drug-likeness (QED) is 0.607. The topological polar surface area (TPSA) is 88.2 Å². The van der Waals surface area contributed by atoms with Gasteiger partial charge < -0.3 is 14.4 Å². The summed E-state index contributed by atoms with van der Waals surface area (Å²) in [6.07, 6.45) is -8.01. The average Bonchev–Trinajstić information content (AvgIpc) is 3.16. The molecule has 3 unspecified atom stereocenters. The number of hydrogen-bond donors (Lipinski definition) is 1. The molecule has 3 amide bonds. The molecule has 1 N–H and O–H groups in total. The maximum absolute atomic E-state index is 15.2. The van der Waals surface area contributed by atoms with Crippen LogP contribution in [0.25, 0.3) is 0 Å². The van der Waals surface area contributed by atoms with Crippen LogP contribution in [0.3, 0.4) is 0 Å². The molecule has 2 aromatic carbocycles. The van der Waals surface area contributed by atoms with Crippen molar-refractivity contribution in [1.29, 1.82) is 0 Å². The largest absolute Gasteiger partial charge is 0.488 e. The minimum Gasteiger partial charge on any atom is -0.488 e. The molecule has 8 nitrogen and oxygen atoms in total. The lowest BCUT2D eigenvalue weighted by atomic mass is 10.0. The molecular formula is C27H30FN3O5. The van der Waals surface area contributed by atoms with Gasteiger partial charge in [-0.3, -0.25) is 24.6 Å². The summed E-state index contributed by atoms with van der Waals surface area (Å²) in [5.74, 6) is -6.87. The lowest BCUT2D eigenvalue weighted by molar-refractivity contribution is -0.136. The van der Waals surface area contributed by atoms with E-state index in [-0.39, 0.29) is 35.8 Å². The van der Waals surface area contributed by atoms with E-state index in [0.717, 1.165) is 36.4 Å². The summed E-state index contributed by atoms with van der Waals surface area (Å²) in [4.78, 5) is 39.9. The number of piperidine rings is 1. The van der Waals surface area contributed by atoms with E-state index in [4.69, 9.17) is 24.6 Å². The van der Waals surface area contributed by atoms with E-state index >= 15 is 4.39 Å². The lowest BCUT2D eigenvalue weighted by Gasteiger charge is -2.35. The molecule has 3 aliphatic heterocycles. The molecule has 190 valence electrons. The molecule has 0 aliphatic carbocycles. The third-order valence-electron chi connectivity index (χ3n) is 5.59. The van der Waals surface area contributed by atoms with Gasteiger partial charge in [0.1, 0.15) is 24.1 Å². The van der Waals surface area contributed by atoms with Crippen molar-refractivity contribution in [1.82, 2.24) is 15.1 Å². The van der Waals surface area contributed by atoms with Crippen LogP contribution >= 0.6 is 0 Å². The minimum atomic E-state index is -3.79. The van der Waals surface area contributed by atoms with Gasteiger partial charge in [0.25, 0.3) is 5.91 Å². The Morgan fingerprint density at radius 3 is 2.78 bits per heavy atom. The Bertz CT molecular complexity index is 1670. The van der Waals surface area contributed by atoms with Crippen molar-refractivity contribution in [2.75, 3.05) is 13.1 Å². The first-order chi connectivity index (χ1) is 21.4. The molecule has 3 aliphatic rings. The number of rotatable bonds is 6. The highest BCUT2D eigenvalue weighted by atomic mass is 19.1. The van der Waals surface area contributed by atoms with Crippen molar-refractivity contribution in [3.05, 3.63) is 64.5 Å². The summed E-state index contributed by atoms with van der Waals surface area (Å²) >= 11 is 0. The second-order valence-corrected chi connectivity index (χ2v) is 8.49. The number of ether oxygens (including phenoxy) is 2. The number of morpholine rings is 1. The molecule has 3 atom stereocenters. The maximum Gasteiger partial charge on any atom is 0.255 e. The minimum absolute atomic E-state index is 0.122. The number of hydrogen-bond acceptors (Lipinski definition) is 6. The van der Waals surface area contributed by atoms with Crippen LogP contribution in [0, 0.1) is 5.82 Å². The molecule has 2 saturated heterocycles. The van der Waals surface area contributed by atoms with Gasteiger partial charge in [-0.2, -0.15) is 0 Å². The number of benzene rings is 2. The molecule has 2 aromatic rings. The van der Waals surface area contributed by atoms with Crippen LogP contribution in [0.1, 0.15) is 68.7 Å². The Balaban J connectivity index is 1.55. The molecule has 0 bridgehead atoms. The first-order valence-electron chi connectivity index (χ1n) is 16.7. The van der Waals surface area contributed by atoms with Crippen LogP contribution in [0.15, 0.2) is 36.4 Å². The first kappa shape index (κ1) is 14.4. The summed E-state index contributed by atoms with van der Waals surface area (Å²) in [6, 6.07) is 2.39. The molecule has 2 fully saturated rings. The monoisotopic (exact) mass is 506 g/mol. The van der Waals surface area contributed by atoms with E-state index in [1.807, 2.05) is 0 Å². The predicted octanol–water partition coefficient (Wildman–Crippen LogP) is 2.77. The zero-order chi connectivity index (χ0) is 35.3. The van der Waals surface area contributed by atoms with Crippen molar-refractivity contribution in [3.63, 3.8) is 0 Å². The van der Waals surface area contributed by atoms with Crippen molar-refractivity contribution >= 4 is 17.7 Å². The second kappa shape index (κ2) is 9.99. The highest BCUT2D eigenvalue weighted by Crippen LogP contribution is 2.34. The smallest absolute Gasteiger partial charge is 0.255 e. The van der Waals surface area contributed by atoms with E-state index in [0.29, 0.717) is 0 Å². The Morgan fingerprint density at radius 1 is 1.22 bits per heavy atom. The summed E-state index contributed by atoms with van der Waals surface area (Å²) in [5, 5.41) is 1.49. The number of nitrogens with one attached hydrogen (secondary N) is 1. The maximum atomic E-state index is 15.2. The fourth-order valence-electron chi connectivity index (χ4n) is 4.11. The Labute approximate surface area is 224 Å². The molecule has 0 radical (unpaired) electrons. The summed E-state index contributed by atoms with van der Waals surface area (Å²) in [6.45, 7) is -4.81. The van der Waals surface area contributed by atoms with Gasteiger partial charge in [0.2, 0.25) is 11.8 Å². The Kier molecular flexibility index (Phi) is 4.01. The van der Waals surface area contributed by atoms with Gasteiger partial charge in [-0.25, -0.2) is 4.39 Å². The van der Waals surface area contributed by atoms with E-state index in [2.05, 4.69) is 0 Å². The lowest BCUT2D eigenvalue weighted by Crippen LogP contribution is -2.52. The van der Waals surface area contributed by atoms with Crippen LogP contribution in [-0.4, -0.2) is 58.8 Å². The van der Waals surface area contributed by atoms with Crippen molar-refractivity contribution in [2.24, 2.45) is 0 Å². The van der Waals surface area contributed by atoms with Gasteiger partial charge in [0.05, 0.1) is 25.6 Å². The normalized spacial score (nSPS) is 36.1. The third-order valence-corrected chi connectivity index (χ3v) is 5.59. The SMILES string of the molecule is [2H]C([2H])(Oc1cccc2c1C([2H])([2H])N(C1([2H])C(=O)NC(=O)C([2H])([2H])C1([2H])[2H])C2=O)c1cc(C([2H])([2H])N2CC(C)OC(C)C2)ccc1F. The van der Waals surface area contributed by atoms with Gasteiger partial charge in [0.15, 0.2) is 0 Å². The summed E-state index contributed by atoms with van der Waals surface area (Å²) in [7, 11) is 0. The van der Waals surface area contributed by atoms with Crippen molar-refractivity contribution in [3.8, 4) is 5.75 Å². The standard InChI is InChI=1S/C27H30FN3O5/c1-16-11-30(12-17(2)36-16)13-18-6-7-22(28)19(10-18)15-35-24-5-3-4-20-21(24)14-31(27(20)34)23-8-9-25(32)29-26(23)33/h3-7,10,16-17,23H,8-9,11-15H2,1-2H3,(H,29,32,33)/i8D2,9D2,13D2,14D2,15D2,23D. The molecule has 5 rings (SSSR count). The highest BCUT2D eigenvalue weighted by Gasteiger charge is 2.40. The summed E-state index contributed by atoms with van der Waals surface area (Å²) < 4.78 is 120. The third kappa shape index (κ3) is 4.99. The fourth-order valence-corrected chi connectivity index (χ4v) is 4.11. The Hall–Kier alpha value is -3.30. The number of imide groups is 1. The van der Waals surface area contributed by atoms with Crippen LogP contribution in [0.2, 0.25) is 0 Å². The zero-order valence-corrected chi connectivity index (χ0v) is 19.3.